The maximum Gasteiger partial charge on any atom is 0.160 e. The normalized spacial score (nSPS) is 35.6. The molecular weight excluding hydrogens is 236 g/mol. The zero-order chi connectivity index (χ0) is 13.8. The van der Waals surface area contributed by atoms with E-state index in [0.29, 0.717) is 22.5 Å². The number of hydrogen-bond donors (Lipinski definition) is 1. The second-order valence-electron chi connectivity index (χ2n) is 7.09. The van der Waals surface area contributed by atoms with E-state index in [1.54, 1.807) is 13.2 Å². The first-order valence-electron chi connectivity index (χ1n) is 7.27. The predicted molar refractivity (Wildman–Crippen MR) is 76.6 cm³/mol. The fraction of sp³-hybridized carbons (Fsp3) is 0.647. The Morgan fingerprint density at radius 3 is 2.53 bits per heavy atom. The Balaban J connectivity index is 2.01. The number of phenols is 1. The quantitative estimate of drug-likeness (QED) is 0.857. The lowest BCUT2D eigenvalue weighted by atomic mass is 9.65. The first kappa shape index (κ1) is 12.8. The molecule has 2 bridgehead atoms. The second kappa shape index (κ2) is 3.91. The third-order valence-corrected chi connectivity index (χ3v) is 6.40. The molecule has 3 rings (SSSR count). The van der Waals surface area contributed by atoms with Crippen LogP contribution in [0, 0.1) is 16.7 Å². The maximum atomic E-state index is 9.75. The minimum Gasteiger partial charge on any atom is -0.504 e. The zero-order valence-corrected chi connectivity index (χ0v) is 12.4. The lowest BCUT2D eigenvalue weighted by molar-refractivity contribution is 0.134. The highest BCUT2D eigenvalue weighted by Gasteiger charge is 2.61. The maximum absolute atomic E-state index is 9.75. The summed E-state index contributed by atoms with van der Waals surface area (Å²) in [4.78, 5) is 0. The molecule has 0 spiro atoms. The predicted octanol–water partition coefficient (Wildman–Crippen LogP) is 4.33. The third-order valence-electron chi connectivity index (χ3n) is 6.40. The Hall–Kier alpha value is -1.18. The number of methoxy groups -OCH3 is 1. The zero-order valence-electron chi connectivity index (χ0n) is 12.4. The van der Waals surface area contributed by atoms with Gasteiger partial charge in [-0.2, -0.15) is 0 Å². The molecule has 19 heavy (non-hydrogen) atoms. The molecule has 2 heteroatoms. The highest BCUT2D eigenvalue weighted by Crippen LogP contribution is 2.71. The van der Waals surface area contributed by atoms with Crippen LogP contribution in [-0.4, -0.2) is 12.2 Å². The first-order chi connectivity index (χ1) is 8.90. The monoisotopic (exact) mass is 260 g/mol. The molecule has 1 aromatic carbocycles. The van der Waals surface area contributed by atoms with E-state index in [1.165, 1.54) is 24.8 Å². The standard InChI is InChI=1S/C17H24O2/c1-16(2)12-7-8-17(16,3)13(10-12)11-5-6-14(18)15(9-11)19-4/h5-6,9,12-13,18H,7-8,10H2,1-4H3/t12-,13?,17+/m1/s1. The van der Waals surface area contributed by atoms with Crippen molar-refractivity contribution in [3.63, 3.8) is 0 Å². The summed E-state index contributed by atoms with van der Waals surface area (Å²) in [5, 5.41) is 9.75. The van der Waals surface area contributed by atoms with Gasteiger partial charge >= 0.3 is 0 Å². The molecule has 0 aromatic heterocycles. The van der Waals surface area contributed by atoms with Gasteiger partial charge in [0.15, 0.2) is 11.5 Å². The molecule has 1 N–H and O–H groups in total. The summed E-state index contributed by atoms with van der Waals surface area (Å²) in [6, 6.07) is 5.88. The summed E-state index contributed by atoms with van der Waals surface area (Å²) in [6.07, 6.45) is 3.96. The van der Waals surface area contributed by atoms with Gasteiger partial charge in [-0.05, 0) is 59.6 Å². The summed E-state index contributed by atoms with van der Waals surface area (Å²) in [5.41, 5.74) is 2.12. The molecule has 2 aliphatic carbocycles. The van der Waals surface area contributed by atoms with Crippen LogP contribution in [0.3, 0.4) is 0 Å². The average Bonchev–Trinajstić information content (AvgIpc) is 2.72. The van der Waals surface area contributed by atoms with Gasteiger partial charge < -0.3 is 9.84 Å². The number of phenolic OH excluding ortho intramolecular Hbond substituents is 1. The van der Waals surface area contributed by atoms with Gasteiger partial charge in [-0.25, -0.2) is 0 Å². The Morgan fingerprint density at radius 2 is 2.00 bits per heavy atom. The van der Waals surface area contributed by atoms with Crippen LogP contribution in [0.4, 0.5) is 0 Å². The van der Waals surface area contributed by atoms with Crippen molar-refractivity contribution in [1.29, 1.82) is 0 Å². The van der Waals surface area contributed by atoms with Gasteiger partial charge in [0.2, 0.25) is 0 Å². The van der Waals surface area contributed by atoms with Crippen molar-refractivity contribution in [3.05, 3.63) is 23.8 Å². The van der Waals surface area contributed by atoms with Crippen LogP contribution in [0.15, 0.2) is 18.2 Å². The van der Waals surface area contributed by atoms with Crippen molar-refractivity contribution in [2.24, 2.45) is 16.7 Å². The van der Waals surface area contributed by atoms with E-state index >= 15 is 0 Å². The fourth-order valence-electron chi connectivity index (χ4n) is 4.62. The van der Waals surface area contributed by atoms with E-state index in [2.05, 4.69) is 26.8 Å². The van der Waals surface area contributed by atoms with Gasteiger partial charge in [-0.15, -0.1) is 0 Å². The molecule has 2 fully saturated rings. The number of fused-ring (bicyclic) bond motifs is 2. The molecule has 0 aliphatic heterocycles. The number of aromatic hydroxyl groups is 1. The number of ether oxygens (including phenoxy) is 1. The summed E-state index contributed by atoms with van der Waals surface area (Å²) in [6.45, 7) is 7.31. The number of benzene rings is 1. The minimum atomic E-state index is 0.235. The van der Waals surface area contributed by atoms with Crippen LogP contribution in [0.2, 0.25) is 0 Å². The molecule has 3 atom stereocenters. The summed E-state index contributed by atoms with van der Waals surface area (Å²) < 4.78 is 5.26. The Bertz CT molecular complexity index is 506. The van der Waals surface area contributed by atoms with Crippen LogP contribution < -0.4 is 4.74 Å². The average molecular weight is 260 g/mol. The van der Waals surface area contributed by atoms with Crippen LogP contribution >= 0.6 is 0 Å². The topological polar surface area (TPSA) is 29.5 Å². The summed E-state index contributed by atoms with van der Waals surface area (Å²) in [5.74, 6) is 2.26. The second-order valence-corrected chi connectivity index (χ2v) is 7.09. The molecule has 2 saturated carbocycles. The van der Waals surface area contributed by atoms with Crippen molar-refractivity contribution in [2.75, 3.05) is 7.11 Å². The Labute approximate surface area is 115 Å². The molecule has 104 valence electrons. The molecule has 2 aliphatic rings. The number of hydrogen-bond acceptors (Lipinski definition) is 2. The van der Waals surface area contributed by atoms with Gasteiger partial charge in [0.1, 0.15) is 0 Å². The molecule has 2 nitrogen and oxygen atoms in total. The van der Waals surface area contributed by atoms with E-state index in [1.807, 2.05) is 6.07 Å². The molecule has 0 heterocycles. The van der Waals surface area contributed by atoms with Gasteiger partial charge in [-0.1, -0.05) is 26.8 Å². The Morgan fingerprint density at radius 1 is 1.26 bits per heavy atom. The van der Waals surface area contributed by atoms with Gasteiger partial charge in [0, 0.05) is 0 Å². The molecule has 1 aromatic rings. The van der Waals surface area contributed by atoms with Crippen molar-refractivity contribution in [1.82, 2.24) is 0 Å². The van der Waals surface area contributed by atoms with Gasteiger partial charge in [0.05, 0.1) is 7.11 Å². The third kappa shape index (κ3) is 1.55. The van der Waals surface area contributed by atoms with Crippen LogP contribution in [0.25, 0.3) is 0 Å². The SMILES string of the molecule is COc1cc(C2C[C@H]3CC[C@]2(C)C3(C)C)ccc1O. The van der Waals surface area contributed by atoms with E-state index in [9.17, 15) is 5.11 Å². The lowest BCUT2D eigenvalue weighted by Gasteiger charge is -2.39. The smallest absolute Gasteiger partial charge is 0.160 e. The van der Waals surface area contributed by atoms with Crippen LogP contribution in [0.5, 0.6) is 11.5 Å². The lowest BCUT2D eigenvalue weighted by Crippen LogP contribution is -2.31. The van der Waals surface area contributed by atoms with Crippen LogP contribution in [0.1, 0.15) is 51.5 Å². The van der Waals surface area contributed by atoms with Crippen molar-refractivity contribution < 1.29 is 9.84 Å². The van der Waals surface area contributed by atoms with Gasteiger partial charge in [-0.3, -0.25) is 0 Å². The van der Waals surface area contributed by atoms with Crippen molar-refractivity contribution in [3.8, 4) is 11.5 Å². The Kier molecular flexibility index (Phi) is 2.64. The van der Waals surface area contributed by atoms with Crippen molar-refractivity contribution >= 4 is 0 Å². The summed E-state index contributed by atoms with van der Waals surface area (Å²) in [7, 11) is 1.62. The largest absolute Gasteiger partial charge is 0.504 e. The van der Waals surface area contributed by atoms with E-state index < -0.39 is 0 Å². The van der Waals surface area contributed by atoms with Crippen LogP contribution in [-0.2, 0) is 0 Å². The van der Waals surface area contributed by atoms with E-state index in [4.69, 9.17) is 4.74 Å². The van der Waals surface area contributed by atoms with E-state index in [0.717, 1.165) is 5.92 Å². The fourth-order valence-corrected chi connectivity index (χ4v) is 4.62. The molecule has 1 unspecified atom stereocenters. The molecular formula is C17H24O2. The van der Waals surface area contributed by atoms with Gasteiger partial charge in [0.25, 0.3) is 0 Å². The summed E-state index contributed by atoms with van der Waals surface area (Å²) >= 11 is 0. The highest BCUT2D eigenvalue weighted by atomic mass is 16.5. The molecule has 0 saturated heterocycles. The number of rotatable bonds is 2. The minimum absolute atomic E-state index is 0.235. The van der Waals surface area contributed by atoms with Crippen molar-refractivity contribution in [2.45, 2.75) is 46.0 Å². The van der Waals surface area contributed by atoms with E-state index in [-0.39, 0.29) is 5.75 Å². The highest BCUT2D eigenvalue weighted by molar-refractivity contribution is 5.44. The molecule has 0 amide bonds. The first-order valence-corrected chi connectivity index (χ1v) is 7.27. The molecule has 0 radical (unpaired) electrons.